The summed E-state index contributed by atoms with van der Waals surface area (Å²) < 4.78 is 36.9. The smallest absolute Gasteiger partial charge is 0.289 e. The van der Waals surface area contributed by atoms with Crippen LogP contribution < -0.4 is 10.1 Å². The predicted molar refractivity (Wildman–Crippen MR) is 128 cm³/mol. The molecule has 1 aliphatic rings. The van der Waals surface area contributed by atoms with E-state index in [9.17, 15) is 18.0 Å². The number of carbonyl (C=O) groups excluding carboxylic acids is 2. The van der Waals surface area contributed by atoms with Gasteiger partial charge in [0.2, 0.25) is 0 Å². The number of aryl methyl sites for hydroxylation is 1. The Morgan fingerprint density at radius 1 is 1.09 bits per heavy atom. The van der Waals surface area contributed by atoms with E-state index in [2.05, 4.69) is 10.4 Å². The van der Waals surface area contributed by atoms with Gasteiger partial charge < -0.3 is 19.4 Å². The van der Waals surface area contributed by atoms with E-state index in [1.165, 1.54) is 24.3 Å². The summed E-state index contributed by atoms with van der Waals surface area (Å²) in [5.74, 6) is 0.513. The maximum absolute atomic E-state index is 12.9. The highest BCUT2D eigenvalue weighted by molar-refractivity contribution is 7.90. The quantitative estimate of drug-likeness (QED) is 0.435. The van der Waals surface area contributed by atoms with Gasteiger partial charge >= 0.3 is 0 Å². The van der Waals surface area contributed by atoms with Gasteiger partial charge in [0.25, 0.3) is 11.8 Å². The molecule has 0 aliphatic carbocycles. The Hall–Kier alpha value is -4.12. The topological polar surface area (TPSA) is 124 Å². The average molecular weight is 495 g/mol. The number of fused-ring (bicyclic) bond motifs is 1. The van der Waals surface area contributed by atoms with E-state index in [4.69, 9.17) is 9.15 Å². The number of likely N-dealkylation sites (tertiary alicyclic amines) is 1. The second-order valence-electron chi connectivity index (χ2n) is 8.32. The van der Waals surface area contributed by atoms with Crippen LogP contribution in [0.5, 0.6) is 11.5 Å². The molecule has 0 spiro atoms. The molecule has 180 valence electrons. The molecule has 3 heterocycles. The van der Waals surface area contributed by atoms with E-state index >= 15 is 0 Å². The van der Waals surface area contributed by atoms with Crippen LogP contribution in [0.2, 0.25) is 0 Å². The normalized spacial score (nSPS) is 13.5. The number of nitrogens with one attached hydrogen (secondary N) is 1. The Bertz CT molecular complexity index is 1550. The van der Waals surface area contributed by atoms with Gasteiger partial charge in [-0.3, -0.25) is 14.3 Å². The minimum Gasteiger partial charge on any atom is -0.457 e. The molecule has 1 aliphatic heterocycles. The summed E-state index contributed by atoms with van der Waals surface area (Å²) in [5, 5.41) is 7.37. The standard InChI is InChI=1S/C24H22N4O6S/c1-27-11-8-22(26-27)25-23(29)15-12-19(33-16-4-6-17(7-5-16)35(2,31)32)18-14-21(34-20(18)13-15)24(30)28-9-3-10-28/h4-8,11-14H,3,9-10H2,1-2H3,(H,25,26,29). The maximum Gasteiger partial charge on any atom is 0.289 e. The Balaban J connectivity index is 1.52. The number of hydrogen-bond acceptors (Lipinski definition) is 7. The Kier molecular flexibility index (Phi) is 5.56. The molecule has 0 saturated carbocycles. The third kappa shape index (κ3) is 4.62. The second kappa shape index (κ2) is 8.58. The molecule has 11 heteroatoms. The molecule has 10 nitrogen and oxygen atoms in total. The zero-order valence-corrected chi connectivity index (χ0v) is 19.8. The van der Waals surface area contributed by atoms with Gasteiger partial charge in [0.15, 0.2) is 21.4 Å². The van der Waals surface area contributed by atoms with Crippen molar-refractivity contribution in [3.63, 3.8) is 0 Å². The molecule has 2 aromatic heterocycles. The number of rotatable bonds is 6. The highest BCUT2D eigenvalue weighted by Crippen LogP contribution is 2.35. The lowest BCUT2D eigenvalue weighted by molar-refractivity contribution is 0.0621. The van der Waals surface area contributed by atoms with Gasteiger partial charge in [-0.1, -0.05) is 0 Å². The van der Waals surface area contributed by atoms with E-state index < -0.39 is 15.7 Å². The summed E-state index contributed by atoms with van der Waals surface area (Å²) >= 11 is 0. The first-order chi connectivity index (χ1) is 16.7. The van der Waals surface area contributed by atoms with Crippen LogP contribution >= 0.6 is 0 Å². The first kappa shape index (κ1) is 22.7. The molecule has 35 heavy (non-hydrogen) atoms. The summed E-state index contributed by atoms with van der Waals surface area (Å²) in [7, 11) is -1.62. The van der Waals surface area contributed by atoms with Crippen LogP contribution in [0.3, 0.4) is 0 Å². The highest BCUT2D eigenvalue weighted by atomic mass is 32.2. The number of sulfone groups is 1. The minimum atomic E-state index is -3.36. The van der Waals surface area contributed by atoms with Gasteiger partial charge in [-0.2, -0.15) is 5.10 Å². The molecule has 0 unspecified atom stereocenters. The number of aromatic nitrogens is 2. The highest BCUT2D eigenvalue weighted by Gasteiger charge is 2.26. The predicted octanol–water partition coefficient (Wildman–Crippen LogP) is 3.46. The van der Waals surface area contributed by atoms with Crippen LogP contribution in [-0.4, -0.2) is 54.3 Å². The van der Waals surface area contributed by atoms with Gasteiger partial charge in [0.05, 0.1) is 10.3 Å². The zero-order chi connectivity index (χ0) is 24.7. The Morgan fingerprint density at radius 3 is 2.43 bits per heavy atom. The number of ether oxygens (including phenoxy) is 1. The van der Waals surface area contributed by atoms with Gasteiger partial charge in [0, 0.05) is 50.3 Å². The molecule has 4 aromatic rings. The fourth-order valence-corrected chi connectivity index (χ4v) is 4.29. The molecule has 5 rings (SSSR count). The Labute approximate surface area is 201 Å². The van der Waals surface area contributed by atoms with Crippen LogP contribution in [0, 0.1) is 0 Å². The van der Waals surface area contributed by atoms with Crippen molar-refractivity contribution in [1.82, 2.24) is 14.7 Å². The van der Waals surface area contributed by atoms with Gasteiger partial charge in [-0.15, -0.1) is 0 Å². The maximum atomic E-state index is 12.9. The van der Waals surface area contributed by atoms with E-state index in [0.717, 1.165) is 12.7 Å². The molecule has 1 N–H and O–H groups in total. The number of anilines is 1. The molecule has 0 radical (unpaired) electrons. The van der Waals surface area contributed by atoms with Gasteiger partial charge in [0.1, 0.15) is 17.1 Å². The largest absolute Gasteiger partial charge is 0.457 e. The summed E-state index contributed by atoms with van der Waals surface area (Å²) in [5.41, 5.74) is 0.550. The van der Waals surface area contributed by atoms with Gasteiger partial charge in [-0.05, 0) is 42.8 Å². The van der Waals surface area contributed by atoms with Crippen molar-refractivity contribution >= 4 is 38.4 Å². The lowest BCUT2D eigenvalue weighted by Crippen LogP contribution is -2.41. The van der Waals surface area contributed by atoms with E-state index in [1.54, 1.807) is 47.1 Å². The molecule has 2 amide bonds. The summed E-state index contributed by atoms with van der Waals surface area (Å²) in [6.45, 7) is 1.34. The lowest BCUT2D eigenvalue weighted by Gasteiger charge is -2.29. The molecule has 1 saturated heterocycles. The van der Waals surface area contributed by atoms with Crippen molar-refractivity contribution in [1.29, 1.82) is 0 Å². The fourth-order valence-electron chi connectivity index (χ4n) is 3.65. The number of hydrogen-bond donors (Lipinski definition) is 1. The van der Waals surface area contributed by atoms with Crippen molar-refractivity contribution in [3.8, 4) is 11.5 Å². The molecule has 0 atom stereocenters. The SMILES string of the molecule is Cn1ccc(NC(=O)c2cc(Oc3ccc(S(C)(=O)=O)cc3)c3cc(C(=O)N4CCC4)oc3c2)n1. The molecule has 1 fully saturated rings. The van der Waals surface area contributed by atoms with Crippen LogP contribution in [0.15, 0.2) is 64.0 Å². The van der Waals surface area contributed by atoms with Crippen molar-refractivity contribution in [2.75, 3.05) is 24.7 Å². The number of carbonyl (C=O) groups is 2. The van der Waals surface area contributed by atoms with E-state index in [0.29, 0.717) is 35.6 Å². The number of nitrogens with zero attached hydrogens (tertiary/aromatic N) is 3. The fraction of sp³-hybridized carbons (Fsp3) is 0.208. The molecular formula is C24H22N4O6S. The zero-order valence-electron chi connectivity index (χ0n) is 19.0. The second-order valence-corrected chi connectivity index (χ2v) is 10.3. The minimum absolute atomic E-state index is 0.152. The Morgan fingerprint density at radius 2 is 1.83 bits per heavy atom. The van der Waals surface area contributed by atoms with Crippen molar-refractivity contribution in [2.45, 2.75) is 11.3 Å². The first-order valence-corrected chi connectivity index (χ1v) is 12.7. The number of amides is 2. The molecular weight excluding hydrogens is 472 g/mol. The van der Waals surface area contributed by atoms with Crippen molar-refractivity contribution in [3.05, 3.63) is 66.1 Å². The molecule has 2 aromatic carbocycles. The number of benzene rings is 2. The van der Waals surface area contributed by atoms with Crippen LogP contribution in [0.1, 0.15) is 27.3 Å². The number of furan rings is 1. The van der Waals surface area contributed by atoms with Crippen molar-refractivity contribution < 1.29 is 27.2 Å². The lowest BCUT2D eigenvalue weighted by atomic mass is 10.1. The summed E-state index contributed by atoms with van der Waals surface area (Å²) in [6, 6.07) is 12.3. The van der Waals surface area contributed by atoms with Crippen LogP contribution in [0.4, 0.5) is 5.82 Å². The third-order valence-corrected chi connectivity index (χ3v) is 6.78. The van der Waals surface area contributed by atoms with Gasteiger partial charge in [-0.25, -0.2) is 8.42 Å². The van der Waals surface area contributed by atoms with Crippen molar-refractivity contribution in [2.24, 2.45) is 7.05 Å². The third-order valence-electron chi connectivity index (χ3n) is 5.65. The van der Waals surface area contributed by atoms with Crippen LogP contribution in [-0.2, 0) is 16.9 Å². The van der Waals surface area contributed by atoms with E-state index in [-0.39, 0.29) is 27.9 Å². The summed E-state index contributed by atoms with van der Waals surface area (Å²) in [4.78, 5) is 27.5. The van der Waals surface area contributed by atoms with Crippen LogP contribution in [0.25, 0.3) is 11.0 Å². The average Bonchev–Trinajstić information content (AvgIpc) is 3.38. The first-order valence-electron chi connectivity index (χ1n) is 10.8. The van der Waals surface area contributed by atoms with E-state index in [1.807, 2.05) is 0 Å². The monoisotopic (exact) mass is 494 g/mol. The molecule has 0 bridgehead atoms. The summed E-state index contributed by atoms with van der Waals surface area (Å²) in [6.07, 6.45) is 3.77.